The Morgan fingerprint density at radius 1 is 1.38 bits per heavy atom. The van der Waals surface area contributed by atoms with Crippen molar-refractivity contribution in [3.8, 4) is 5.75 Å². The van der Waals surface area contributed by atoms with E-state index in [4.69, 9.17) is 22.1 Å². The minimum absolute atomic E-state index is 0.0759. The number of hydrogen-bond acceptors (Lipinski definition) is 4. The Bertz CT molecular complexity index is 640. The van der Waals surface area contributed by atoms with E-state index in [1.807, 2.05) is 0 Å². The summed E-state index contributed by atoms with van der Waals surface area (Å²) in [5, 5.41) is 0.401. The van der Waals surface area contributed by atoms with Gasteiger partial charge >= 0.3 is 0 Å². The predicted molar refractivity (Wildman–Crippen MR) is 78.7 cm³/mol. The van der Waals surface area contributed by atoms with Gasteiger partial charge in [-0.3, -0.25) is 4.79 Å². The molecule has 0 bridgehead atoms. The second-order valence-corrected chi connectivity index (χ2v) is 7.22. The Morgan fingerprint density at radius 2 is 2.00 bits per heavy atom. The van der Waals surface area contributed by atoms with E-state index in [9.17, 15) is 13.2 Å². The van der Waals surface area contributed by atoms with E-state index in [0.29, 0.717) is 17.9 Å². The fourth-order valence-corrected chi connectivity index (χ4v) is 4.14. The summed E-state index contributed by atoms with van der Waals surface area (Å²) in [5.41, 5.74) is 5.25. The van der Waals surface area contributed by atoms with Gasteiger partial charge < -0.3 is 10.5 Å². The molecule has 1 fully saturated rings. The molecule has 2 rings (SSSR count). The summed E-state index contributed by atoms with van der Waals surface area (Å²) in [6.07, 6.45) is 0.870. The average Bonchev–Trinajstić information content (AvgIpc) is 2.46. The minimum Gasteiger partial charge on any atom is -0.495 e. The summed E-state index contributed by atoms with van der Waals surface area (Å²) >= 11 is 5.85. The standard InChI is InChI=1S/C13H17ClN2O4S/c1-20-11-8-10(14)2-3-12(11)21(18,19)16-6-4-9(5-7-16)13(15)17/h2-3,8-9H,4-7H2,1H3,(H2,15,17). The zero-order valence-corrected chi connectivity index (χ0v) is 13.2. The number of hydrogen-bond donors (Lipinski definition) is 1. The Hall–Kier alpha value is -1.31. The van der Waals surface area contributed by atoms with Crippen molar-refractivity contribution in [2.45, 2.75) is 17.7 Å². The molecule has 1 heterocycles. The molecule has 116 valence electrons. The zero-order chi connectivity index (χ0) is 15.6. The minimum atomic E-state index is -3.67. The molecule has 1 amide bonds. The molecule has 0 aliphatic carbocycles. The number of ether oxygens (including phenoxy) is 1. The second kappa shape index (κ2) is 6.21. The SMILES string of the molecule is COc1cc(Cl)ccc1S(=O)(=O)N1CCC(C(N)=O)CC1. The molecule has 0 radical (unpaired) electrons. The first-order chi connectivity index (χ1) is 9.86. The molecule has 8 heteroatoms. The van der Waals surface area contributed by atoms with Crippen LogP contribution in [0.1, 0.15) is 12.8 Å². The lowest BCUT2D eigenvalue weighted by atomic mass is 9.98. The third-order valence-corrected chi connectivity index (χ3v) is 5.77. The van der Waals surface area contributed by atoms with Gasteiger partial charge in [0.1, 0.15) is 10.6 Å². The maximum Gasteiger partial charge on any atom is 0.246 e. The van der Waals surface area contributed by atoms with Crippen LogP contribution in [0.2, 0.25) is 5.02 Å². The van der Waals surface area contributed by atoms with Crippen LogP contribution in [-0.2, 0) is 14.8 Å². The number of primary amides is 1. The largest absolute Gasteiger partial charge is 0.495 e. The number of sulfonamides is 1. The van der Waals surface area contributed by atoms with Gasteiger partial charge in [0.2, 0.25) is 15.9 Å². The quantitative estimate of drug-likeness (QED) is 0.898. The third-order valence-electron chi connectivity index (χ3n) is 3.60. The number of halogens is 1. The van der Waals surface area contributed by atoms with Crippen molar-refractivity contribution in [3.05, 3.63) is 23.2 Å². The van der Waals surface area contributed by atoms with Gasteiger partial charge in [-0.2, -0.15) is 4.31 Å². The Labute approximate surface area is 128 Å². The van der Waals surface area contributed by atoms with Gasteiger partial charge in [-0.15, -0.1) is 0 Å². The number of carbonyl (C=O) groups is 1. The van der Waals surface area contributed by atoms with Gasteiger partial charge in [-0.05, 0) is 25.0 Å². The van der Waals surface area contributed by atoms with Crippen molar-refractivity contribution >= 4 is 27.5 Å². The maximum absolute atomic E-state index is 12.6. The molecule has 6 nitrogen and oxygen atoms in total. The Balaban J connectivity index is 2.25. The molecule has 1 aliphatic heterocycles. The topological polar surface area (TPSA) is 89.7 Å². The second-order valence-electron chi connectivity index (χ2n) is 4.88. The van der Waals surface area contributed by atoms with E-state index < -0.39 is 10.0 Å². The van der Waals surface area contributed by atoms with E-state index in [2.05, 4.69) is 0 Å². The first-order valence-electron chi connectivity index (χ1n) is 6.49. The third kappa shape index (κ3) is 3.30. The van der Waals surface area contributed by atoms with Gasteiger partial charge in [0.15, 0.2) is 0 Å². The molecule has 0 atom stereocenters. The molecule has 2 N–H and O–H groups in total. The zero-order valence-electron chi connectivity index (χ0n) is 11.6. The normalized spacial score (nSPS) is 17.6. The fourth-order valence-electron chi connectivity index (χ4n) is 2.37. The van der Waals surface area contributed by atoms with Gasteiger partial charge in [0, 0.05) is 30.1 Å². The lowest BCUT2D eigenvalue weighted by molar-refractivity contribution is -0.122. The first kappa shape index (κ1) is 16.1. The fraction of sp³-hybridized carbons (Fsp3) is 0.462. The van der Waals surface area contributed by atoms with Crippen molar-refractivity contribution in [1.29, 1.82) is 0 Å². The molecule has 1 aliphatic rings. The number of nitrogens with zero attached hydrogens (tertiary/aromatic N) is 1. The number of amides is 1. The summed E-state index contributed by atoms with van der Waals surface area (Å²) in [6.45, 7) is 0.531. The van der Waals surface area contributed by atoms with Crippen LogP contribution in [0.5, 0.6) is 5.75 Å². The maximum atomic E-state index is 12.6. The van der Waals surface area contributed by atoms with E-state index in [1.54, 1.807) is 0 Å². The summed E-state index contributed by atoms with van der Waals surface area (Å²) in [5.74, 6) is -0.431. The van der Waals surface area contributed by atoms with Crippen LogP contribution in [0, 0.1) is 5.92 Å². The summed E-state index contributed by atoms with van der Waals surface area (Å²) < 4.78 is 31.7. The van der Waals surface area contributed by atoms with Crippen molar-refractivity contribution < 1.29 is 17.9 Å². The number of piperidine rings is 1. The van der Waals surface area contributed by atoms with Crippen molar-refractivity contribution in [3.63, 3.8) is 0 Å². The van der Waals surface area contributed by atoms with E-state index >= 15 is 0 Å². The van der Waals surface area contributed by atoms with Crippen LogP contribution in [0.4, 0.5) is 0 Å². The molecular weight excluding hydrogens is 316 g/mol. The van der Waals surface area contributed by atoms with Crippen LogP contribution in [0.15, 0.2) is 23.1 Å². The van der Waals surface area contributed by atoms with Crippen LogP contribution in [0.3, 0.4) is 0 Å². The molecule has 0 unspecified atom stereocenters. The van der Waals surface area contributed by atoms with E-state index in [0.717, 1.165) is 0 Å². The van der Waals surface area contributed by atoms with Crippen molar-refractivity contribution in [2.24, 2.45) is 11.7 Å². The highest BCUT2D eigenvalue weighted by Gasteiger charge is 2.32. The Kier molecular flexibility index (Phi) is 4.75. The van der Waals surface area contributed by atoms with Crippen molar-refractivity contribution in [1.82, 2.24) is 4.31 Å². The lowest BCUT2D eigenvalue weighted by Crippen LogP contribution is -2.41. The molecule has 21 heavy (non-hydrogen) atoms. The summed E-state index contributed by atoms with van der Waals surface area (Å²) in [6, 6.07) is 4.40. The molecule has 0 spiro atoms. The van der Waals surface area contributed by atoms with Gasteiger partial charge in [0.25, 0.3) is 0 Å². The van der Waals surface area contributed by atoms with Gasteiger partial charge in [-0.25, -0.2) is 8.42 Å². The average molecular weight is 333 g/mol. The molecular formula is C13H17ClN2O4S. The molecule has 0 aromatic heterocycles. The summed E-state index contributed by atoms with van der Waals surface area (Å²) in [7, 11) is -2.28. The number of carbonyl (C=O) groups excluding carboxylic acids is 1. The van der Waals surface area contributed by atoms with Crippen LogP contribution >= 0.6 is 11.6 Å². The number of rotatable bonds is 4. The molecule has 0 saturated carbocycles. The molecule has 1 aromatic carbocycles. The van der Waals surface area contributed by atoms with Gasteiger partial charge in [0.05, 0.1) is 7.11 Å². The summed E-state index contributed by atoms with van der Waals surface area (Å²) in [4.78, 5) is 11.2. The van der Waals surface area contributed by atoms with Gasteiger partial charge in [-0.1, -0.05) is 11.6 Å². The monoisotopic (exact) mass is 332 g/mol. The smallest absolute Gasteiger partial charge is 0.246 e. The van der Waals surface area contributed by atoms with Crippen LogP contribution in [0.25, 0.3) is 0 Å². The lowest BCUT2D eigenvalue weighted by Gasteiger charge is -2.30. The van der Waals surface area contributed by atoms with Crippen molar-refractivity contribution in [2.75, 3.05) is 20.2 Å². The number of benzene rings is 1. The van der Waals surface area contributed by atoms with E-state index in [-0.39, 0.29) is 35.6 Å². The first-order valence-corrected chi connectivity index (χ1v) is 8.31. The number of methoxy groups -OCH3 is 1. The highest BCUT2D eigenvalue weighted by molar-refractivity contribution is 7.89. The van der Waals surface area contributed by atoms with Crippen LogP contribution in [-0.4, -0.2) is 38.8 Å². The van der Waals surface area contributed by atoms with E-state index in [1.165, 1.54) is 29.6 Å². The van der Waals surface area contributed by atoms with Crippen LogP contribution < -0.4 is 10.5 Å². The number of nitrogens with two attached hydrogens (primary N) is 1. The Morgan fingerprint density at radius 3 is 2.52 bits per heavy atom. The molecule has 1 saturated heterocycles. The predicted octanol–water partition coefficient (Wildman–Crippen LogP) is 1.23. The molecule has 1 aromatic rings. The highest BCUT2D eigenvalue weighted by Crippen LogP contribution is 2.31. The highest BCUT2D eigenvalue weighted by atomic mass is 35.5.